The molecule has 0 saturated heterocycles. The Kier molecular flexibility index (Phi) is 3.70. The van der Waals surface area contributed by atoms with Crippen molar-refractivity contribution in [2.45, 2.75) is 0 Å². The Morgan fingerprint density at radius 3 is 2.88 bits per heavy atom. The topological polar surface area (TPSA) is 66.9 Å². The molecule has 1 heterocycles. The second-order valence-corrected chi connectivity index (χ2v) is 5.02. The van der Waals surface area contributed by atoms with E-state index in [1.54, 1.807) is 7.05 Å². The van der Waals surface area contributed by atoms with Crippen LogP contribution in [0.3, 0.4) is 0 Å². The summed E-state index contributed by atoms with van der Waals surface area (Å²) in [6, 6.07) is 7.36. The molecule has 0 fully saturated rings. The largest absolute Gasteiger partial charge is 0.363 e. The zero-order valence-electron chi connectivity index (χ0n) is 8.90. The van der Waals surface area contributed by atoms with Gasteiger partial charge >= 0.3 is 0 Å². The predicted molar refractivity (Wildman–Crippen MR) is 71.6 cm³/mol. The lowest BCUT2D eigenvalue weighted by Crippen LogP contribution is -2.11. The van der Waals surface area contributed by atoms with Crippen molar-refractivity contribution in [3.05, 3.63) is 33.7 Å². The number of amides is 1. The Hall–Kier alpha value is -1.47. The molecule has 0 aliphatic carbocycles. The monoisotopic (exact) mass is 312 g/mol. The molecule has 2 aromatic rings. The lowest BCUT2D eigenvalue weighted by molar-refractivity contribution is 0.102. The number of nitrogens with zero attached hydrogens (tertiary/aromatic N) is 2. The molecule has 0 bridgehead atoms. The molecule has 1 aromatic carbocycles. The van der Waals surface area contributed by atoms with Gasteiger partial charge in [-0.25, -0.2) is 0 Å². The molecular weight excluding hydrogens is 304 g/mol. The zero-order chi connectivity index (χ0) is 12.3. The number of carbonyl (C=O) groups excluding carboxylic acids is 1. The molecule has 17 heavy (non-hydrogen) atoms. The summed E-state index contributed by atoms with van der Waals surface area (Å²) in [4.78, 5) is 11.8. The number of aromatic nitrogens is 2. The fourth-order valence-corrected chi connectivity index (χ4v) is 2.16. The van der Waals surface area contributed by atoms with Crippen LogP contribution in [0.2, 0.25) is 0 Å². The van der Waals surface area contributed by atoms with Gasteiger partial charge in [-0.2, -0.15) is 0 Å². The third-order valence-electron chi connectivity index (χ3n) is 1.92. The maximum atomic E-state index is 11.8. The van der Waals surface area contributed by atoms with Crippen LogP contribution >= 0.6 is 27.3 Å². The molecule has 0 spiro atoms. The maximum Gasteiger partial charge on any atom is 0.286 e. The predicted octanol–water partition coefficient (Wildman–Crippen LogP) is 2.59. The molecule has 0 atom stereocenters. The Balaban J connectivity index is 2.11. The van der Waals surface area contributed by atoms with E-state index in [9.17, 15) is 4.79 Å². The summed E-state index contributed by atoms with van der Waals surface area (Å²) in [6.07, 6.45) is 0. The average molecular weight is 313 g/mol. The van der Waals surface area contributed by atoms with Crippen LogP contribution in [-0.4, -0.2) is 23.2 Å². The molecule has 5 nitrogen and oxygen atoms in total. The molecule has 2 N–H and O–H groups in total. The van der Waals surface area contributed by atoms with E-state index in [0.29, 0.717) is 15.8 Å². The van der Waals surface area contributed by atoms with Gasteiger partial charge in [0.15, 0.2) is 0 Å². The second-order valence-electron chi connectivity index (χ2n) is 3.13. The highest BCUT2D eigenvalue weighted by Gasteiger charge is 2.12. The Morgan fingerprint density at radius 1 is 1.41 bits per heavy atom. The fourth-order valence-electron chi connectivity index (χ4n) is 1.17. The van der Waals surface area contributed by atoms with Crippen LogP contribution < -0.4 is 10.6 Å². The zero-order valence-corrected chi connectivity index (χ0v) is 11.3. The molecule has 2 rings (SSSR count). The SMILES string of the molecule is CNc1nnc(C(=O)Nc2cccc(Br)c2)s1. The van der Waals surface area contributed by atoms with Crippen LogP contribution in [0.5, 0.6) is 0 Å². The normalized spacial score (nSPS) is 10.0. The molecular formula is C10H9BrN4OS. The van der Waals surface area contributed by atoms with Crippen molar-refractivity contribution in [2.75, 3.05) is 17.7 Å². The highest BCUT2D eigenvalue weighted by molar-refractivity contribution is 9.10. The van der Waals surface area contributed by atoms with Crippen molar-refractivity contribution in [3.8, 4) is 0 Å². The molecule has 0 unspecified atom stereocenters. The van der Waals surface area contributed by atoms with Gasteiger partial charge in [0.25, 0.3) is 5.91 Å². The van der Waals surface area contributed by atoms with E-state index in [4.69, 9.17) is 0 Å². The molecule has 1 aromatic heterocycles. The van der Waals surface area contributed by atoms with Gasteiger partial charge in [0, 0.05) is 17.2 Å². The number of halogens is 1. The molecule has 1 amide bonds. The quantitative estimate of drug-likeness (QED) is 0.914. The van der Waals surface area contributed by atoms with Gasteiger partial charge in [-0.15, -0.1) is 10.2 Å². The van der Waals surface area contributed by atoms with E-state index in [0.717, 1.165) is 4.47 Å². The van der Waals surface area contributed by atoms with Crippen molar-refractivity contribution in [1.82, 2.24) is 10.2 Å². The minimum atomic E-state index is -0.262. The fraction of sp³-hybridized carbons (Fsp3) is 0.100. The van der Waals surface area contributed by atoms with Crippen LogP contribution in [0.1, 0.15) is 9.80 Å². The average Bonchev–Trinajstić information content (AvgIpc) is 2.77. The summed E-state index contributed by atoms with van der Waals surface area (Å²) in [7, 11) is 1.73. The van der Waals surface area contributed by atoms with Crippen LogP contribution in [0, 0.1) is 0 Å². The highest BCUT2D eigenvalue weighted by Crippen LogP contribution is 2.18. The maximum absolute atomic E-state index is 11.8. The van der Waals surface area contributed by atoms with Crippen LogP contribution in [0.4, 0.5) is 10.8 Å². The summed E-state index contributed by atoms with van der Waals surface area (Å²) >= 11 is 4.54. The second kappa shape index (κ2) is 5.24. The molecule has 0 radical (unpaired) electrons. The summed E-state index contributed by atoms with van der Waals surface area (Å²) in [6.45, 7) is 0. The van der Waals surface area contributed by atoms with E-state index in [-0.39, 0.29) is 5.91 Å². The van der Waals surface area contributed by atoms with E-state index < -0.39 is 0 Å². The van der Waals surface area contributed by atoms with Gasteiger partial charge < -0.3 is 10.6 Å². The lowest BCUT2D eigenvalue weighted by Gasteiger charge is -2.02. The van der Waals surface area contributed by atoms with E-state index in [1.807, 2.05) is 24.3 Å². The van der Waals surface area contributed by atoms with Crippen molar-refractivity contribution in [2.24, 2.45) is 0 Å². The summed E-state index contributed by atoms with van der Waals surface area (Å²) in [5, 5.41) is 14.1. The lowest BCUT2D eigenvalue weighted by atomic mass is 10.3. The molecule has 0 aliphatic heterocycles. The number of nitrogens with one attached hydrogen (secondary N) is 2. The summed E-state index contributed by atoms with van der Waals surface area (Å²) in [5.74, 6) is -0.262. The van der Waals surface area contributed by atoms with Crippen molar-refractivity contribution >= 4 is 44.0 Å². The number of hydrogen-bond acceptors (Lipinski definition) is 5. The molecule has 7 heteroatoms. The van der Waals surface area contributed by atoms with Crippen molar-refractivity contribution in [3.63, 3.8) is 0 Å². The third kappa shape index (κ3) is 3.01. The van der Waals surface area contributed by atoms with Crippen LogP contribution in [0.15, 0.2) is 28.7 Å². The van der Waals surface area contributed by atoms with E-state index in [1.165, 1.54) is 11.3 Å². The first-order valence-electron chi connectivity index (χ1n) is 4.77. The molecule has 0 aliphatic rings. The van der Waals surface area contributed by atoms with E-state index in [2.05, 4.69) is 36.8 Å². The minimum Gasteiger partial charge on any atom is -0.363 e. The summed E-state index contributed by atoms with van der Waals surface area (Å²) in [5.41, 5.74) is 0.714. The van der Waals surface area contributed by atoms with Gasteiger partial charge in [0.1, 0.15) is 0 Å². The van der Waals surface area contributed by atoms with Crippen molar-refractivity contribution < 1.29 is 4.79 Å². The standard InChI is InChI=1S/C10H9BrN4OS/c1-12-10-15-14-9(17-10)8(16)13-7-4-2-3-6(11)5-7/h2-5H,1H3,(H,12,15)(H,13,16). The van der Waals surface area contributed by atoms with Gasteiger partial charge in [0.05, 0.1) is 0 Å². The first-order valence-corrected chi connectivity index (χ1v) is 6.38. The van der Waals surface area contributed by atoms with Gasteiger partial charge in [-0.1, -0.05) is 33.3 Å². The smallest absolute Gasteiger partial charge is 0.286 e. The number of benzene rings is 1. The van der Waals surface area contributed by atoms with Crippen molar-refractivity contribution in [1.29, 1.82) is 0 Å². The Morgan fingerprint density at radius 2 is 2.24 bits per heavy atom. The summed E-state index contributed by atoms with van der Waals surface area (Å²) < 4.78 is 0.906. The highest BCUT2D eigenvalue weighted by atomic mass is 79.9. The molecule has 0 saturated carbocycles. The number of anilines is 2. The van der Waals surface area contributed by atoms with Gasteiger partial charge in [-0.3, -0.25) is 4.79 Å². The Bertz CT molecular complexity index is 543. The molecule has 88 valence electrons. The Labute approximate surface area is 110 Å². The number of carbonyl (C=O) groups is 1. The first kappa shape index (κ1) is 12.0. The third-order valence-corrected chi connectivity index (χ3v) is 3.35. The van der Waals surface area contributed by atoms with Crippen LogP contribution in [0.25, 0.3) is 0 Å². The minimum absolute atomic E-state index is 0.262. The number of hydrogen-bond donors (Lipinski definition) is 2. The first-order chi connectivity index (χ1) is 8.19. The number of rotatable bonds is 3. The van der Waals surface area contributed by atoms with Crippen LogP contribution in [-0.2, 0) is 0 Å². The van der Waals surface area contributed by atoms with Gasteiger partial charge in [-0.05, 0) is 18.2 Å². The van der Waals surface area contributed by atoms with Gasteiger partial charge in [0.2, 0.25) is 10.1 Å². The van der Waals surface area contributed by atoms with E-state index >= 15 is 0 Å².